The highest BCUT2D eigenvalue weighted by atomic mass is 16.6. The number of rotatable bonds is 7. The van der Waals surface area contributed by atoms with E-state index in [2.05, 4.69) is 5.32 Å². The van der Waals surface area contributed by atoms with Gasteiger partial charge in [-0.15, -0.1) is 0 Å². The van der Waals surface area contributed by atoms with Crippen molar-refractivity contribution < 1.29 is 19.6 Å². The van der Waals surface area contributed by atoms with Gasteiger partial charge in [-0.1, -0.05) is 0 Å². The molecular weight excluding hydrogens is 252 g/mol. The van der Waals surface area contributed by atoms with Crippen LogP contribution in [-0.4, -0.2) is 35.7 Å². The Bertz CT molecular complexity index is 461. The Kier molecular flexibility index (Phi) is 5.74. The minimum absolute atomic E-state index is 0.151. The average molecular weight is 268 g/mol. The van der Waals surface area contributed by atoms with Crippen molar-refractivity contribution in [2.75, 3.05) is 19.8 Å². The fraction of sp³-hybridized carbons (Fsp3) is 0.417. The normalized spacial score (nSPS) is 10.2. The minimum atomic E-state index is -0.658. The molecule has 0 spiro atoms. The summed E-state index contributed by atoms with van der Waals surface area (Å²) in [6.45, 7) is 3.34. The van der Waals surface area contributed by atoms with Crippen LogP contribution >= 0.6 is 0 Å². The first-order chi connectivity index (χ1) is 9.06. The lowest BCUT2D eigenvalue weighted by molar-refractivity contribution is -0.385. The predicted octanol–water partition coefficient (Wildman–Crippen LogP) is 1.46. The minimum Gasteiger partial charge on any atom is -0.508 e. The molecule has 0 aliphatic rings. The molecule has 0 saturated carbocycles. The van der Waals surface area contributed by atoms with Gasteiger partial charge in [-0.05, 0) is 25.5 Å². The zero-order chi connectivity index (χ0) is 14.3. The number of nitrogens with zero attached hydrogens (tertiary/aromatic N) is 1. The van der Waals surface area contributed by atoms with Crippen LogP contribution in [-0.2, 0) is 4.74 Å². The Morgan fingerprint density at radius 3 is 2.89 bits per heavy atom. The molecule has 1 amide bonds. The van der Waals surface area contributed by atoms with E-state index in [1.54, 1.807) is 0 Å². The maximum atomic E-state index is 11.8. The Morgan fingerprint density at radius 2 is 2.26 bits per heavy atom. The number of ether oxygens (including phenoxy) is 1. The zero-order valence-electron chi connectivity index (χ0n) is 10.6. The summed E-state index contributed by atoms with van der Waals surface area (Å²) in [6.07, 6.45) is 0.617. The molecule has 0 unspecified atom stereocenters. The lowest BCUT2D eigenvalue weighted by Crippen LogP contribution is -2.26. The first kappa shape index (κ1) is 14.9. The molecule has 0 atom stereocenters. The molecule has 1 aromatic carbocycles. The van der Waals surface area contributed by atoms with Crippen LogP contribution in [0, 0.1) is 10.1 Å². The number of hydrogen-bond acceptors (Lipinski definition) is 5. The Balaban J connectivity index is 2.65. The molecule has 0 fully saturated rings. The number of phenolic OH excluding ortho intramolecular Hbond substituents is 1. The van der Waals surface area contributed by atoms with Crippen molar-refractivity contribution in [3.05, 3.63) is 33.9 Å². The maximum Gasteiger partial charge on any atom is 0.282 e. The van der Waals surface area contributed by atoms with E-state index in [4.69, 9.17) is 4.74 Å². The van der Waals surface area contributed by atoms with Crippen LogP contribution in [0.1, 0.15) is 23.7 Å². The summed E-state index contributed by atoms with van der Waals surface area (Å²) in [7, 11) is 0. The fourth-order valence-electron chi connectivity index (χ4n) is 1.48. The largest absolute Gasteiger partial charge is 0.508 e. The fourth-order valence-corrected chi connectivity index (χ4v) is 1.48. The molecule has 7 heteroatoms. The predicted molar refractivity (Wildman–Crippen MR) is 68.2 cm³/mol. The van der Waals surface area contributed by atoms with Crippen molar-refractivity contribution in [2.45, 2.75) is 13.3 Å². The number of benzene rings is 1. The van der Waals surface area contributed by atoms with Gasteiger partial charge in [0.2, 0.25) is 0 Å². The highest BCUT2D eigenvalue weighted by Crippen LogP contribution is 2.22. The molecule has 0 bridgehead atoms. The van der Waals surface area contributed by atoms with Gasteiger partial charge in [0.1, 0.15) is 11.3 Å². The SMILES string of the molecule is CCOCCCNC(=O)c1cc(O)ccc1[N+](=O)[O-]. The van der Waals surface area contributed by atoms with E-state index >= 15 is 0 Å². The van der Waals surface area contributed by atoms with Gasteiger partial charge in [-0.2, -0.15) is 0 Å². The van der Waals surface area contributed by atoms with Crippen molar-refractivity contribution in [2.24, 2.45) is 0 Å². The number of nitro benzene ring substituents is 1. The molecule has 104 valence electrons. The van der Waals surface area contributed by atoms with Gasteiger partial charge in [0.15, 0.2) is 0 Å². The van der Waals surface area contributed by atoms with Gasteiger partial charge in [0.05, 0.1) is 4.92 Å². The van der Waals surface area contributed by atoms with Crippen molar-refractivity contribution in [1.29, 1.82) is 0 Å². The van der Waals surface area contributed by atoms with Crippen LogP contribution in [0.15, 0.2) is 18.2 Å². The van der Waals surface area contributed by atoms with E-state index in [0.717, 1.165) is 12.1 Å². The molecule has 1 rings (SSSR count). The van der Waals surface area contributed by atoms with E-state index in [9.17, 15) is 20.0 Å². The lowest BCUT2D eigenvalue weighted by atomic mass is 10.1. The summed E-state index contributed by atoms with van der Waals surface area (Å²) in [4.78, 5) is 21.9. The lowest BCUT2D eigenvalue weighted by Gasteiger charge is -2.06. The molecule has 19 heavy (non-hydrogen) atoms. The third-order valence-corrected chi connectivity index (χ3v) is 2.38. The van der Waals surface area contributed by atoms with Crippen LogP contribution in [0.2, 0.25) is 0 Å². The van der Waals surface area contributed by atoms with Crippen molar-refractivity contribution >= 4 is 11.6 Å². The first-order valence-corrected chi connectivity index (χ1v) is 5.89. The van der Waals surface area contributed by atoms with Gasteiger partial charge in [0.25, 0.3) is 11.6 Å². The van der Waals surface area contributed by atoms with Crippen LogP contribution in [0.4, 0.5) is 5.69 Å². The Labute approximate surface area is 110 Å². The summed E-state index contributed by atoms with van der Waals surface area (Å²) in [5.41, 5.74) is -0.485. The average Bonchev–Trinajstić information content (AvgIpc) is 2.37. The van der Waals surface area contributed by atoms with Crippen molar-refractivity contribution in [1.82, 2.24) is 5.32 Å². The molecule has 0 aromatic heterocycles. The molecule has 0 radical (unpaired) electrons. The van der Waals surface area contributed by atoms with Crippen molar-refractivity contribution in [3.8, 4) is 5.75 Å². The van der Waals surface area contributed by atoms with Gasteiger partial charge in [-0.25, -0.2) is 0 Å². The molecule has 0 saturated heterocycles. The van der Waals surface area contributed by atoms with Crippen LogP contribution in [0.3, 0.4) is 0 Å². The maximum absolute atomic E-state index is 11.8. The molecular formula is C12H16N2O5. The molecule has 0 aliphatic heterocycles. The monoisotopic (exact) mass is 268 g/mol. The van der Waals surface area contributed by atoms with E-state index in [1.165, 1.54) is 6.07 Å². The summed E-state index contributed by atoms with van der Waals surface area (Å²) < 4.78 is 5.10. The standard InChI is InChI=1S/C12H16N2O5/c1-2-19-7-3-6-13-12(16)10-8-9(15)4-5-11(10)14(17)18/h4-5,8,15H,2-3,6-7H2,1H3,(H,13,16). The number of aromatic hydroxyl groups is 1. The first-order valence-electron chi connectivity index (χ1n) is 5.89. The summed E-state index contributed by atoms with van der Waals surface area (Å²) in [6, 6.07) is 3.35. The van der Waals surface area contributed by atoms with Crippen LogP contribution in [0.5, 0.6) is 5.75 Å². The molecule has 0 heterocycles. The van der Waals surface area contributed by atoms with E-state index in [-0.39, 0.29) is 17.0 Å². The van der Waals surface area contributed by atoms with E-state index < -0.39 is 10.8 Å². The van der Waals surface area contributed by atoms with E-state index in [1.807, 2.05) is 6.92 Å². The second-order valence-electron chi connectivity index (χ2n) is 3.76. The summed E-state index contributed by atoms with van der Waals surface area (Å²) >= 11 is 0. The van der Waals surface area contributed by atoms with Gasteiger partial charge in [-0.3, -0.25) is 14.9 Å². The number of carbonyl (C=O) groups is 1. The Morgan fingerprint density at radius 1 is 1.53 bits per heavy atom. The number of amides is 1. The van der Waals surface area contributed by atoms with Crippen LogP contribution < -0.4 is 5.32 Å². The van der Waals surface area contributed by atoms with Gasteiger partial charge < -0.3 is 15.2 Å². The van der Waals surface area contributed by atoms with Gasteiger partial charge >= 0.3 is 0 Å². The molecule has 2 N–H and O–H groups in total. The Hall–Kier alpha value is -2.15. The highest BCUT2D eigenvalue weighted by Gasteiger charge is 2.20. The zero-order valence-corrected chi connectivity index (χ0v) is 10.6. The quantitative estimate of drug-likeness (QED) is 0.443. The summed E-state index contributed by atoms with van der Waals surface area (Å²) in [5.74, 6) is -0.774. The van der Waals surface area contributed by atoms with E-state index in [0.29, 0.717) is 26.2 Å². The summed E-state index contributed by atoms with van der Waals surface area (Å²) in [5, 5.41) is 22.6. The number of nitrogens with one attached hydrogen (secondary N) is 1. The smallest absolute Gasteiger partial charge is 0.282 e. The van der Waals surface area contributed by atoms with Crippen molar-refractivity contribution in [3.63, 3.8) is 0 Å². The molecule has 0 aliphatic carbocycles. The second kappa shape index (κ2) is 7.32. The number of phenols is 1. The highest BCUT2D eigenvalue weighted by molar-refractivity contribution is 5.98. The molecule has 7 nitrogen and oxygen atoms in total. The third kappa shape index (κ3) is 4.55. The molecule has 1 aromatic rings. The number of nitro groups is 1. The van der Waals surface area contributed by atoms with Gasteiger partial charge in [0, 0.05) is 25.8 Å². The number of carbonyl (C=O) groups excluding carboxylic acids is 1. The van der Waals surface area contributed by atoms with Crippen LogP contribution in [0.25, 0.3) is 0 Å². The number of hydrogen-bond donors (Lipinski definition) is 2. The second-order valence-corrected chi connectivity index (χ2v) is 3.76. The topological polar surface area (TPSA) is 102 Å². The third-order valence-electron chi connectivity index (χ3n) is 2.38.